The maximum absolute atomic E-state index is 13.1. The number of fused-ring (bicyclic) bond motifs is 3. The second kappa shape index (κ2) is 8.84. The van der Waals surface area contributed by atoms with E-state index < -0.39 is 0 Å². The van der Waals surface area contributed by atoms with Crippen LogP contribution in [-0.4, -0.2) is 27.2 Å². The Morgan fingerprint density at radius 3 is 2.71 bits per heavy atom. The lowest BCUT2D eigenvalue weighted by molar-refractivity contribution is -0.122. The van der Waals surface area contributed by atoms with Gasteiger partial charge in [-0.25, -0.2) is 4.68 Å². The number of hydrogen-bond acceptors (Lipinski definition) is 5. The molecular weight excluding hydrogens is 480 g/mol. The highest BCUT2D eigenvalue weighted by molar-refractivity contribution is 9.10. The van der Waals surface area contributed by atoms with Gasteiger partial charge in [-0.2, -0.15) is 5.10 Å². The standard InChI is InChI=1S/C22H23BrN4O3S/c1-4-15-9-16-19(31-15)10-17-22(29)26(25-20(5-2)27(16)17)12-21(28)24-11-13-8-14(23)6-7-18(13)30-3/h6-10H,4-5,11-12H2,1-3H3,(H,24,28). The topological polar surface area (TPSA) is 77.6 Å². The highest BCUT2D eigenvalue weighted by Crippen LogP contribution is 2.29. The van der Waals surface area contributed by atoms with Crippen LogP contribution in [0.1, 0.15) is 30.1 Å². The zero-order valence-electron chi connectivity index (χ0n) is 17.6. The number of rotatable bonds is 7. The first-order chi connectivity index (χ1) is 14.9. The average molecular weight is 503 g/mol. The van der Waals surface area contributed by atoms with Crippen molar-refractivity contribution in [1.29, 1.82) is 0 Å². The SMILES string of the molecule is CCc1cc2c(cc3c(=O)n(CC(=O)NCc4cc(Br)ccc4OC)nc(CC)n32)s1. The molecular formula is C22H23BrN4O3S. The lowest BCUT2D eigenvalue weighted by Gasteiger charge is -2.12. The molecule has 3 heterocycles. The summed E-state index contributed by atoms with van der Waals surface area (Å²) in [7, 11) is 1.59. The van der Waals surface area contributed by atoms with Crippen molar-refractivity contribution < 1.29 is 9.53 Å². The summed E-state index contributed by atoms with van der Waals surface area (Å²) in [5.41, 5.74) is 2.14. The lowest BCUT2D eigenvalue weighted by atomic mass is 10.2. The summed E-state index contributed by atoms with van der Waals surface area (Å²) in [6, 6.07) is 9.63. The summed E-state index contributed by atoms with van der Waals surface area (Å²) in [6.45, 7) is 4.26. The van der Waals surface area contributed by atoms with Crippen LogP contribution < -0.4 is 15.6 Å². The third-order valence-corrected chi connectivity index (χ3v) is 6.87. The molecule has 31 heavy (non-hydrogen) atoms. The minimum absolute atomic E-state index is 0.141. The minimum Gasteiger partial charge on any atom is -0.496 e. The molecule has 0 aliphatic carbocycles. The Morgan fingerprint density at radius 2 is 2.00 bits per heavy atom. The molecule has 0 unspecified atom stereocenters. The summed E-state index contributed by atoms with van der Waals surface area (Å²) < 4.78 is 10.5. The number of ether oxygens (including phenoxy) is 1. The molecule has 1 amide bonds. The average Bonchev–Trinajstić information content (AvgIpc) is 3.32. The molecule has 0 atom stereocenters. The number of thiophene rings is 1. The molecule has 0 spiro atoms. The molecule has 162 valence electrons. The highest BCUT2D eigenvalue weighted by atomic mass is 79.9. The van der Waals surface area contributed by atoms with Crippen LogP contribution in [0.4, 0.5) is 0 Å². The van der Waals surface area contributed by atoms with Crippen LogP contribution in [-0.2, 0) is 30.7 Å². The van der Waals surface area contributed by atoms with Gasteiger partial charge in [-0.1, -0.05) is 29.8 Å². The summed E-state index contributed by atoms with van der Waals surface area (Å²) in [5, 5.41) is 7.35. The van der Waals surface area contributed by atoms with Crippen molar-refractivity contribution in [3.63, 3.8) is 0 Å². The normalized spacial score (nSPS) is 11.4. The molecule has 0 bridgehead atoms. The number of benzene rings is 1. The Balaban J connectivity index is 1.61. The first kappa shape index (κ1) is 21.6. The van der Waals surface area contributed by atoms with E-state index in [4.69, 9.17) is 4.74 Å². The van der Waals surface area contributed by atoms with Gasteiger partial charge in [0.25, 0.3) is 5.56 Å². The van der Waals surface area contributed by atoms with E-state index in [0.717, 1.165) is 32.5 Å². The summed E-state index contributed by atoms with van der Waals surface area (Å²) >= 11 is 5.12. The second-order valence-corrected chi connectivity index (χ2v) is 9.23. The Bertz CT molecular complexity index is 1340. The smallest absolute Gasteiger partial charge is 0.291 e. The van der Waals surface area contributed by atoms with Gasteiger partial charge < -0.3 is 10.1 Å². The van der Waals surface area contributed by atoms with Crippen molar-refractivity contribution in [1.82, 2.24) is 19.5 Å². The van der Waals surface area contributed by atoms with E-state index in [2.05, 4.69) is 39.3 Å². The number of nitrogens with zero attached hydrogens (tertiary/aromatic N) is 3. The molecule has 1 aromatic carbocycles. The van der Waals surface area contributed by atoms with Crippen LogP contribution in [0, 0.1) is 0 Å². The van der Waals surface area contributed by atoms with Gasteiger partial charge in [0.15, 0.2) is 0 Å². The number of amides is 1. The number of carbonyl (C=O) groups is 1. The van der Waals surface area contributed by atoms with E-state index in [0.29, 0.717) is 24.2 Å². The Kier molecular flexibility index (Phi) is 6.15. The number of aryl methyl sites for hydroxylation is 2. The van der Waals surface area contributed by atoms with Crippen molar-refractivity contribution in [2.45, 2.75) is 39.8 Å². The molecule has 4 aromatic rings. The number of nitrogens with one attached hydrogen (secondary N) is 1. The molecule has 0 aliphatic heterocycles. The predicted octanol–water partition coefficient (Wildman–Crippen LogP) is 3.92. The fourth-order valence-corrected chi connectivity index (χ4v) is 5.05. The third kappa shape index (κ3) is 4.12. The molecule has 0 saturated heterocycles. The summed E-state index contributed by atoms with van der Waals surface area (Å²) in [4.78, 5) is 26.9. The van der Waals surface area contributed by atoms with Crippen LogP contribution >= 0.6 is 27.3 Å². The van der Waals surface area contributed by atoms with Gasteiger partial charge in [0.2, 0.25) is 5.91 Å². The number of methoxy groups -OCH3 is 1. The number of carbonyl (C=O) groups excluding carboxylic acids is 1. The molecule has 3 aromatic heterocycles. The van der Waals surface area contributed by atoms with E-state index in [-0.39, 0.29) is 18.0 Å². The van der Waals surface area contributed by atoms with Crippen molar-refractivity contribution in [2.24, 2.45) is 0 Å². The molecule has 7 nitrogen and oxygen atoms in total. The van der Waals surface area contributed by atoms with Gasteiger partial charge in [0.05, 0.1) is 17.3 Å². The first-order valence-corrected chi connectivity index (χ1v) is 11.7. The molecule has 0 aliphatic rings. The molecule has 0 fully saturated rings. The van der Waals surface area contributed by atoms with Gasteiger partial charge in [0, 0.05) is 27.9 Å². The minimum atomic E-state index is -0.287. The number of hydrogen-bond donors (Lipinski definition) is 1. The summed E-state index contributed by atoms with van der Waals surface area (Å²) in [6.07, 6.45) is 1.60. The first-order valence-electron chi connectivity index (χ1n) is 10.1. The monoisotopic (exact) mass is 502 g/mol. The Hall–Kier alpha value is -2.65. The van der Waals surface area contributed by atoms with Crippen LogP contribution in [0.5, 0.6) is 5.75 Å². The van der Waals surface area contributed by atoms with Crippen LogP contribution in [0.2, 0.25) is 0 Å². The van der Waals surface area contributed by atoms with Crippen molar-refractivity contribution in [2.75, 3.05) is 7.11 Å². The molecule has 0 radical (unpaired) electrons. The number of aromatic nitrogens is 3. The van der Waals surface area contributed by atoms with Gasteiger partial charge in [-0.15, -0.1) is 11.3 Å². The van der Waals surface area contributed by atoms with Crippen LogP contribution in [0.15, 0.2) is 39.6 Å². The quantitative estimate of drug-likeness (QED) is 0.415. The van der Waals surface area contributed by atoms with E-state index in [1.54, 1.807) is 18.4 Å². The number of halogens is 1. The van der Waals surface area contributed by atoms with E-state index in [1.165, 1.54) is 9.56 Å². The van der Waals surface area contributed by atoms with Crippen molar-refractivity contribution in [3.05, 3.63) is 61.4 Å². The lowest BCUT2D eigenvalue weighted by Crippen LogP contribution is -2.35. The second-order valence-electron chi connectivity index (χ2n) is 7.15. The van der Waals surface area contributed by atoms with Gasteiger partial charge in [-0.05, 0) is 36.8 Å². The molecule has 1 N–H and O–H groups in total. The Morgan fingerprint density at radius 1 is 1.19 bits per heavy atom. The largest absolute Gasteiger partial charge is 0.496 e. The molecule has 0 saturated carbocycles. The zero-order chi connectivity index (χ0) is 22.1. The van der Waals surface area contributed by atoms with Gasteiger partial charge in [-0.3, -0.25) is 14.0 Å². The highest BCUT2D eigenvalue weighted by Gasteiger charge is 2.17. The van der Waals surface area contributed by atoms with Gasteiger partial charge >= 0.3 is 0 Å². The zero-order valence-corrected chi connectivity index (χ0v) is 20.0. The van der Waals surface area contributed by atoms with E-state index in [1.807, 2.05) is 35.6 Å². The predicted molar refractivity (Wildman–Crippen MR) is 126 cm³/mol. The molecule has 9 heteroatoms. The molecule has 4 rings (SSSR count). The summed E-state index contributed by atoms with van der Waals surface area (Å²) in [5.74, 6) is 1.16. The fraction of sp³-hybridized carbons (Fsp3) is 0.318. The van der Waals surface area contributed by atoms with E-state index in [9.17, 15) is 9.59 Å². The van der Waals surface area contributed by atoms with Crippen LogP contribution in [0.3, 0.4) is 0 Å². The van der Waals surface area contributed by atoms with Crippen molar-refractivity contribution in [3.8, 4) is 5.75 Å². The fourth-order valence-electron chi connectivity index (χ4n) is 3.62. The van der Waals surface area contributed by atoms with Crippen LogP contribution in [0.25, 0.3) is 15.7 Å². The Labute approximate surface area is 191 Å². The third-order valence-electron chi connectivity index (χ3n) is 5.17. The van der Waals surface area contributed by atoms with E-state index >= 15 is 0 Å². The maximum Gasteiger partial charge on any atom is 0.291 e. The maximum atomic E-state index is 13.1. The van der Waals surface area contributed by atoms with Gasteiger partial charge in [0.1, 0.15) is 23.6 Å². The van der Waals surface area contributed by atoms with Crippen molar-refractivity contribution >= 4 is 48.9 Å².